The highest BCUT2D eigenvalue weighted by atomic mass is 79.9. The molecule has 0 unspecified atom stereocenters. The third-order valence-electron chi connectivity index (χ3n) is 8.20. The predicted octanol–water partition coefficient (Wildman–Crippen LogP) is 4.45. The fraction of sp³-hybridized carbons (Fsp3) is 0.438. The van der Waals surface area contributed by atoms with E-state index in [9.17, 15) is 36.7 Å². The monoisotopic (exact) mass is 728 g/mol. The number of amides is 2. The standard InChI is InChI=1S/C28H33BrF4N4O2.C4H4O4/c1-35(27(39)21-12-22(28(31,32)33)14-23(29)13-21)15-20(18-2-4-24(30)5-3-18)6-9-36-16-25(17-36)37-10-7-19(8-11-37)26(34)38;5-3(6)1-2-4(7)8/h2-5,12-14,19-20,25H,6-11,15-17H2,1H3,(H2,34,38);1-2H,(H,5,6)(H,7,8)/b;2-1-/t20-;/m1./s1. The van der Waals surface area contributed by atoms with Crippen molar-refractivity contribution in [3.8, 4) is 0 Å². The van der Waals surface area contributed by atoms with Gasteiger partial charge in [0.1, 0.15) is 5.82 Å². The number of nitrogens with two attached hydrogens (primary N) is 1. The van der Waals surface area contributed by atoms with Gasteiger partial charge in [0.05, 0.1) is 5.56 Å². The molecule has 4 rings (SSSR count). The number of benzene rings is 2. The van der Waals surface area contributed by atoms with E-state index in [0.717, 1.165) is 63.3 Å². The molecular weight excluding hydrogens is 692 g/mol. The summed E-state index contributed by atoms with van der Waals surface area (Å²) >= 11 is 3.08. The first-order valence-electron chi connectivity index (χ1n) is 14.8. The maximum atomic E-state index is 13.6. The van der Waals surface area contributed by atoms with Crippen LogP contribution in [-0.2, 0) is 20.6 Å². The normalized spacial score (nSPS) is 17.0. The van der Waals surface area contributed by atoms with Crippen LogP contribution in [0.5, 0.6) is 0 Å². The highest BCUT2D eigenvalue weighted by Crippen LogP contribution is 2.33. The third-order valence-corrected chi connectivity index (χ3v) is 8.66. The molecule has 2 aromatic rings. The van der Waals surface area contributed by atoms with Crippen molar-refractivity contribution in [1.29, 1.82) is 0 Å². The Morgan fingerprint density at radius 2 is 1.60 bits per heavy atom. The first kappa shape index (κ1) is 37.6. The van der Waals surface area contributed by atoms with Gasteiger partial charge in [0.25, 0.3) is 5.91 Å². The molecule has 1 atom stereocenters. The van der Waals surface area contributed by atoms with Gasteiger partial charge < -0.3 is 25.7 Å². The van der Waals surface area contributed by atoms with Gasteiger partial charge in [-0.2, -0.15) is 13.2 Å². The molecule has 0 bridgehead atoms. The Bertz CT molecular complexity index is 1430. The summed E-state index contributed by atoms with van der Waals surface area (Å²) in [7, 11) is 1.57. The Hall–Kier alpha value is -3.82. The number of primary amides is 1. The Kier molecular flexibility index (Phi) is 13.5. The number of piperidine rings is 1. The summed E-state index contributed by atoms with van der Waals surface area (Å²) in [5.74, 6) is -3.77. The zero-order valence-corrected chi connectivity index (χ0v) is 27.2. The van der Waals surface area contributed by atoms with E-state index in [4.69, 9.17) is 15.9 Å². The number of rotatable bonds is 11. The van der Waals surface area contributed by atoms with Crippen molar-refractivity contribution in [1.82, 2.24) is 14.7 Å². The molecule has 0 saturated carbocycles. The molecule has 2 amide bonds. The molecule has 2 aromatic carbocycles. The summed E-state index contributed by atoms with van der Waals surface area (Å²) in [6, 6.07) is 9.77. The number of halogens is 5. The van der Waals surface area contributed by atoms with Gasteiger partial charge in [-0.3, -0.25) is 14.5 Å². The number of alkyl halides is 3. The summed E-state index contributed by atoms with van der Waals surface area (Å²) < 4.78 is 53.6. The highest BCUT2D eigenvalue weighted by Gasteiger charge is 2.35. The number of aliphatic carboxylic acids is 2. The van der Waals surface area contributed by atoms with E-state index in [1.807, 2.05) is 0 Å². The molecule has 2 fully saturated rings. The fourth-order valence-electron chi connectivity index (χ4n) is 5.60. The van der Waals surface area contributed by atoms with Crippen LogP contribution in [0.4, 0.5) is 17.6 Å². The molecular formula is C32H37BrF4N4O6. The number of carbonyl (C=O) groups is 4. The maximum Gasteiger partial charge on any atom is 0.416 e. The van der Waals surface area contributed by atoms with E-state index in [1.54, 1.807) is 19.2 Å². The topological polar surface area (TPSA) is 144 Å². The van der Waals surface area contributed by atoms with Crippen LogP contribution in [0, 0.1) is 11.7 Å². The van der Waals surface area contributed by atoms with E-state index < -0.39 is 29.6 Å². The van der Waals surface area contributed by atoms with Gasteiger partial charge in [0.15, 0.2) is 0 Å². The van der Waals surface area contributed by atoms with Crippen molar-refractivity contribution in [2.45, 2.75) is 37.4 Å². The number of likely N-dealkylation sites (N-methyl/N-ethyl adjacent to an activating group) is 1. The van der Waals surface area contributed by atoms with E-state index >= 15 is 0 Å². The first-order chi connectivity index (χ1) is 22.0. The molecule has 47 heavy (non-hydrogen) atoms. The molecule has 10 nitrogen and oxygen atoms in total. The van der Waals surface area contributed by atoms with Crippen LogP contribution in [0.1, 0.15) is 46.7 Å². The number of nitrogens with zero attached hydrogens (tertiary/aromatic N) is 3. The lowest BCUT2D eigenvalue weighted by Crippen LogP contribution is -2.61. The molecule has 0 radical (unpaired) electrons. The molecule has 2 aliphatic rings. The molecule has 0 aliphatic carbocycles. The minimum atomic E-state index is -4.57. The average molecular weight is 730 g/mol. The number of carbonyl (C=O) groups excluding carboxylic acids is 2. The van der Waals surface area contributed by atoms with Gasteiger partial charge in [-0.15, -0.1) is 0 Å². The zero-order chi connectivity index (χ0) is 34.9. The van der Waals surface area contributed by atoms with Crippen molar-refractivity contribution in [2.24, 2.45) is 11.7 Å². The van der Waals surface area contributed by atoms with Crippen molar-refractivity contribution < 1.29 is 47.0 Å². The molecule has 4 N–H and O–H groups in total. The largest absolute Gasteiger partial charge is 0.478 e. The minimum Gasteiger partial charge on any atom is -0.478 e. The second-order valence-corrected chi connectivity index (χ2v) is 12.5. The van der Waals surface area contributed by atoms with Crippen LogP contribution in [-0.4, -0.2) is 101 Å². The maximum absolute atomic E-state index is 13.6. The quantitative estimate of drug-likeness (QED) is 0.228. The second kappa shape index (κ2) is 16.8. The predicted molar refractivity (Wildman–Crippen MR) is 168 cm³/mol. The molecule has 0 spiro atoms. The van der Waals surface area contributed by atoms with Crippen LogP contribution in [0.15, 0.2) is 59.1 Å². The van der Waals surface area contributed by atoms with Crippen LogP contribution in [0.3, 0.4) is 0 Å². The second-order valence-electron chi connectivity index (χ2n) is 11.6. The summed E-state index contributed by atoms with van der Waals surface area (Å²) in [4.78, 5) is 49.8. The van der Waals surface area contributed by atoms with Gasteiger partial charge >= 0.3 is 18.1 Å². The highest BCUT2D eigenvalue weighted by molar-refractivity contribution is 9.10. The Morgan fingerprint density at radius 1 is 1.02 bits per heavy atom. The Morgan fingerprint density at radius 3 is 2.11 bits per heavy atom. The van der Waals surface area contributed by atoms with Gasteiger partial charge in [-0.25, -0.2) is 14.0 Å². The van der Waals surface area contributed by atoms with Crippen LogP contribution in [0.25, 0.3) is 0 Å². The lowest BCUT2D eigenvalue weighted by Gasteiger charge is -2.47. The van der Waals surface area contributed by atoms with Crippen molar-refractivity contribution >= 4 is 39.7 Å². The summed E-state index contributed by atoms with van der Waals surface area (Å²) in [5.41, 5.74) is 5.36. The third kappa shape index (κ3) is 11.7. The minimum absolute atomic E-state index is 0.0364. The Labute approximate surface area is 277 Å². The van der Waals surface area contributed by atoms with E-state index in [-0.39, 0.29) is 40.1 Å². The van der Waals surface area contributed by atoms with Gasteiger partial charge in [-0.1, -0.05) is 28.1 Å². The number of likely N-dealkylation sites (tertiary alicyclic amines) is 2. The summed E-state index contributed by atoms with van der Waals surface area (Å²) in [6.45, 7) is 4.59. The van der Waals surface area contributed by atoms with Gasteiger partial charge in [0, 0.05) is 66.7 Å². The molecule has 15 heteroatoms. The van der Waals surface area contributed by atoms with Crippen molar-refractivity contribution in [3.63, 3.8) is 0 Å². The lowest BCUT2D eigenvalue weighted by atomic mass is 9.92. The molecule has 0 aromatic heterocycles. The Balaban J connectivity index is 0.000000665. The van der Waals surface area contributed by atoms with E-state index in [1.165, 1.54) is 23.1 Å². The first-order valence-corrected chi connectivity index (χ1v) is 15.6. The lowest BCUT2D eigenvalue weighted by molar-refractivity contribution is -0.137. The molecule has 2 saturated heterocycles. The SMILES string of the molecule is CN(C[C@@H](CCN1CC(N2CCC(C(N)=O)CC2)C1)c1ccc(F)cc1)C(=O)c1cc(Br)cc(C(F)(F)F)c1.O=C(O)/C=C\C(=O)O. The average Bonchev–Trinajstić information content (AvgIpc) is 2.98. The van der Waals surface area contributed by atoms with Crippen molar-refractivity contribution in [2.75, 3.05) is 46.3 Å². The fourth-order valence-corrected chi connectivity index (χ4v) is 6.09. The van der Waals surface area contributed by atoms with Crippen LogP contribution in [0.2, 0.25) is 0 Å². The zero-order valence-electron chi connectivity index (χ0n) is 25.6. The van der Waals surface area contributed by atoms with E-state index in [2.05, 4.69) is 25.7 Å². The molecule has 2 aliphatic heterocycles. The van der Waals surface area contributed by atoms with Gasteiger partial charge in [0.2, 0.25) is 5.91 Å². The van der Waals surface area contributed by atoms with E-state index in [0.29, 0.717) is 24.6 Å². The molecule has 256 valence electrons. The molecule has 2 heterocycles. The number of carboxylic acids is 2. The van der Waals surface area contributed by atoms with Crippen LogP contribution >= 0.6 is 15.9 Å². The van der Waals surface area contributed by atoms with Crippen molar-refractivity contribution in [3.05, 3.63) is 81.6 Å². The number of hydrogen-bond acceptors (Lipinski definition) is 6. The smallest absolute Gasteiger partial charge is 0.416 e. The van der Waals surface area contributed by atoms with Gasteiger partial charge in [-0.05, 0) is 74.8 Å². The van der Waals surface area contributed by atoms with Crippen LogP contribution < -0.4 is 5.73 Å². The summed E-state index contributed by atoms with van der Waals surface area (Å²) in [5, 5.41) is 15.6. The number of carboxylic acid groups (broad SMARTS) is 2. The number of hydrogen-bond donors (Lipinski definition) is 3. The summed E-state index contributed by atoms with van der Waals surface area (Å²) in [6.07, 6.45) is -1.17.